The van der Waals surface area contributed by atoms with E-state index in [2.05, 4.69) is 10.1 Å². The zero-order valence-electron chi connectivity index (χ0n) is 17.9. The molecule has 3 aromatic carbocycles. The van der Waals surface area contributed by atoms with E-state index in [1.165, 1.54) is 60.8 Å². The summed E-state index contributed by atoms with van der Waals surface area (Å²) >= 11 is 1.02. The van der Waals surface area contributed by atoms with Crippen molar-refractivity contribution >= 4 is 54.3 Å². The highest BCUT2D eigenvalue weighted by Crippen LogP contribution is 2.30. The molecule has 178 valence electrons. The smallest absolute Gasteiger partial charge is 0.269 e. The van der Waals surface area contributed by atoms with Crippen LogP contribution in [0.25, 0.3) is 10.2 Å². The maximum absolute atomic E-state index is 13.6. The van der Waals surface area contributed by atoms with E-state index in [0.29, 0.717) is 15.8 Å². The van der Waals surface area contributed by atoms with E-state index in [9.17, 15) is 27.7 Å². The Labute approximate surface area is 203 Å². The van der Waals surface area contributed by atoms with Crippen LogP contribution in [-0.2, 0) is 14.6 Å². The van der Waals surface area contributed by atoms with E-state index >= 15 is 0 Å². The molecule has 0 aliphatic heterocycles. The molecule has 0 saturated heterocycles. The Morgan fingerprint density at radius 2 is 1.83 bits per heavy atom. The van der Waals surface area contributed by atoms with Gasteiger partial charge in [-0.3, -0.25) is 14.9 Å². The predicted molar refractivity (Wildman–Crippen MR) is 131 cm³/mol. The average molecular weight is 513 g/mol. The van der Waals surface area contributed by atoms with Crippen LogP contribution < -0.4 is 5.01 Å². The number of anilines is 1. The lowest BCUT2D eigenvalue weighted by Gasteiger charge is -2.14. The minimum Gasteiger partial charge on any atom is -0.272 e. The molecule has 9 nitrogen and oxygen atoms in total. The largest absolute Gasteiger partial charge is 0.272 e. The molecule has 1 aromatic heterocycles. The Bertz CT molecular complexity index is 1520. The highest BCUT2D eigenvalue weighted by molar-refractivity contribution is 7.91. The fraction of sp³-hybridized carbons (Fsp3) is 0.0870. The fourth-order valence-corrected chi connectivity index (χ4v) is 5.29. The van der Waals surface area contributed by atoms with Crippen molar-refractivity contribution in [3.8, 4) is 0 Å². The monoisotopic (exact) mass is 512 g/mol. The standard InChI is InChI=1S/C23H17FN4O5S2/c24-17-8-11-20-21(14-17)34-23(26-20)27(25-15-16-6-9-18(10-7-16)28(30)31)22(29)12-13-35(32,33)19-4-2-1-3-5-19/h1-11,14-15H,12-13H2. The molecular formula is C23H17FN4O5S2. The number of carbonyl (C=O) groups excluding carboxylic acids is 1. The minimum absolute atomic E-state index is 0.101. The Kier molecular flexibility index (Phi) is 6.94. The SMILES string of the molecule is O=C(CCS(=O)(=O)c1ccccc1)N(N=Cc1ccc([N+](=O)[O-])cc1)c1nc2ccc(F)cc2s1. The van der Waals surface area contributed by atoms with Crippen LogP contribution >= 0.6 is 11.3 Å². The first-order chi connectivity index (χ1) is 16.7. The summed E-state index contributed by atoms with van der Waals surface area (Å²) in [6, 6.07) is 17.3. The van der Waals surface area contributed by atoms with Gasteiger partial charge in [-0.05, 0) is 48.0 Å². The third-order valence-electron chi connectivity index (χ3n) is 4.87. The summed E-state index contributed by atoms with van der Waals surface area (Å²) in [5.74, 6) is -1.55. The first-order valence-corrected chi connectivity index (χ1v) is 12.6. The minimum atomic E-state index is -3.71. The van der Waals surface area contributed by atoms with Gasteiger partial charge in [0.1, 0.15) is 5.82 Å². The van der Waals surface area contributed by atoms with E-state index in [1.807, 2.05) is 0 Å². The van der Waals surface area contributed by atoms with Crippen LogP contribution in [0.4, 0.5) is 15.2 Å². The van der Waals surface area contributed by atoms with Gasteiger partial charge in [0.05, 0.1) is 32.0 Å². The van der Waals surface area contributed by atoms with Gasteiger partial charge >= 0.3 is 0 Å². The molecule has 0 aliphatic carbocycles. The number of sulfone groups is 1. The van der Waals surface area contributed by atoms with E-state index in [-0.39, 0.29) is 22.1 Å². The van der Waals surface area contributed by atoms with Crippen LogP contribution in [0, 0.1) is 15.9 Å². The van der Waals surface area contributed by atoms with Gasteiger partial charge in [-0.15, -0.1) is 0 Å². The number of halogens is 1. The molecule has 1 amide bonds. The van der Waals surface area contributed by atoms with Gasteiger partial charge in [0.15, 0.2) is 9.84 Å². The molecule has 0 unspecified atom stereocenters. The number of benzene rings is 3. The molecule has 4 rings (SSSR count). The van der Waals surface area contributed by atoms with Crippen LogP contribution in [0.2, 0.25) is 0 Å². The van der Waals surface area contributed by atoms with Crippen molar-refractivity contribution in [2.45, 2.75) is 11.3 Å². The Balaban J connectivity index is 1.62. The van der Waals surface area contributed by atoms with Crippen LogP contribution in [0.1, 0.15) is 12.0 Å². The number of aromatic nitrogens is 1. The highest BCUT2D eigenvalue weighted by atomic mass is 32.2. The summed E-state index contributed by atoms with van der Waals surface area (Å²) in [5, 5.41) is 16.1. The molecule has 0 atom stereocenters. The Hall–Kier alpha value is -4.03. The highest BCUT2D eigenvalue weighted by Gasteiger charge is 2.23. The molecule has 0 saturated carbocycles. The number of hydrazone groups is 1. The predicted octanol–water partition coefficient (Wildman–Crippen LogP) is 4.57. The summed E-state index contributed by atoms with van der Waals surface area (Å²) in [5.41, 5.74) is 0.818. The van der Waals surface area contributed by atoms with E-state index in [0.717, 1.165) is 16.3 Å². The Morgan fingerprint density at radius 1 is 1.11 bits per heavy atom. The van der Waals surface area contributed by atoms with Crippen LogP contribution in [-0.4, -0.2) is 36.2 Å². The number of non-ortho nitro benzene ring substituents is 1. The number of hydrogen-bond acceptors (Lipinski definition) is 8. The van der Waals surface area contributed by atoms with Gasteiger partial charge in [-0.2, -0.15) is 10.1 Å². The number of rotatable bonds is 8. The van der Waals surface area contributed by atoms with Crippen molar-refractivity contribution in [1.29, 1.82) is 0 Å². The number of fused-ring (bicyclic) bond motifs is 1. The first-order valence-electron chi connectivity index (χ1n) is 10.2. The molecule has 1 heterocycles. The zero-order valence-corrected chi connectivity index (χ0v) is 19.6. The van der Waals surface area contributed by atoms with Crippen LogP contribution in [0.3, 0.4) is 0 Å². The molecule has 0 spiro atoms. The molecule has 0 fully saturated rings. The van der Waals surface area contributed by atoms with Crippen molar-refractivity contribution in [3.05, 3.63) is 94.3 Å². The van der Waals surface area contributed by atoms with Gasteiger partial charge in [0.25, 0.3) is 11.6 Å². The Morgan fingerprint density at radius 3 is 2.51 bits per heavy atom. The molecule has 35 heavy (non-hydrogen) atoms. The number of nitro groups is 1. The number of thiazole rings is 1. The van der Waals surface area contributed by atoms with Crippen LogP contribution in [0.5, 0.6) is 0 Å². The maximum atomic E-state index is 13.6. The molecule has 0 N–H and O–H groups in total. The van der Waals surface area contributed by atoms with Crippen molar-refractivity contribution in [2.75, 3.05) is 10.8 Å². The lowest BCUT2D eigenvalue weighted by atomic mass is 10.2. The lowest BCUT2D eigenvalue weighted by molar-refractivity contribution is -0.384. The van der Waals surface area contributed by atoms with Gasteiger partial charge in [-0.25, -0.2) is 17.8 Å². The lowest BCUT2D eigenvalue weighted by Crippen LogP contribution is -2.27. The van der Waals surface area contributed by atoms with Crippen molar-refractivity contribution in [1.82, 2.24) is 4.98 Å². The van der Waals surface area contributed by atoms with Gasteiger partial charge in [0, 0.05) is 18.6 Å². The second-order valence-corrected chi connectivity index (χ2v) is 10.4. The molecule has 0 bridgehead atoms. The van der Waals surface area contributed by atoms with Crippen LogP contribution in [0.15, 0.2) is 82.8 Å². The molecule has 4 aromatic rings. The topological polar surface area (TPSA) is 123 Å². The normalized spacial score (nSPS) is 11.7. The average Bonchev–Trinajstić information content (AvgIpc) is 3.26. The molecule has 0 radical (unpaired) electrons. The number of nitro benzene ring substituents is 1. The number of nitrogens with zero attached hydrogens (tertiary/aromatic N) is 4. The number of hydrogen-bond donors (Lipinski definition) is 0. The number of amides is 1. The summed E-state index contributed by atoms with van der Waals surface area (Å²) in [7, 11) is -3.71. The van der Waals surface area contributed by atoms with Crippen molar-refractivity contribution in [2.24, 2.45) is 5.10 Å². The molecule has 12 heteroatoms. The zero-order chi connectivity index (χ0) is 25.0. The summed E-state index contributed by atoms with van der Waals surface area (Å²) < 4.78 is 39.4. The summed E-state index contributed by atoms with van der Waals surface area (Å²) in [6.45, 7) is 0. The third kappa shape index (κ3) is 5.73. The molecule has 0 aliphatic rings. The van der Waals surface area contributed by atoms with E-state index < -0.39 is 32.2 Å². The third-order valence-corrected chi connectivity index (χ3v) is 7.60. The van der Waals surface area contributed by atoms with Gasteiger partial charge < -0.3 is 0 Å². The van der Waals surface area contributed by atoms with Crippen molar-refractivity contribution in [3.63, 3.8) is 0 Å². The second kappa shape index (κ2) is 10.1. The van der Waals surface area contributed by atoms with Crippen molar-refractivity contribution < 1.29 is 22.5 Å². The summed E-state index contributed by atoms with van der Waals surface area (Å²) in [4.78, 5) is 27.8. The second-order valence-electron chi connectivity index (χ2n) is 7.29. The van der Waals surface area contributed by atoms with Gasteiger partial charge in [0.2, 0.25) is 5.13 Å². The summed E-state index contributed by atoms with van der Waals surface area (Å²) in [6.07, 6.45) is 0.930. The quantitative estimate of drug-likeness (QED) is 0.194. The van der Waals surface area contributed by atoms with E-state index in [1.54, 1.807) is 18.2 Å². The molecular weight excluding hydrogens is 495 g/mol. The fourth-order valence-electron chi connectivity index (χ4n) is 3.08. The first kappa shape index (κ1) is 24.1. The van der Waals surface area contributed by atoms with Gasteiger partial charge in [-0.1, -0.05) is 29.5 Å². The number of carbonyl (C=O) groups is 1. The maximum Gasteiger partial charge on any atom is 0.269 e. The van der Waals surface area contributed by atoms with E-state index in [4.69, 9.17) is 0 Å².